The zero-order chi connectivity index (χ0) is 21.5. The molecule has 0 aliphatic heterocycles. The molecule has 0 heterocycles. The molecule has 0 spiro atoms. The number of methoxy groups -OCH3 is 2. The molecule has 8 heteroatoms. The zero-order valence-corrected chi connectivity index (χ0v) is 17.1. The van der Waals surface area contributed by atoms with Gasteiger partial charge in [0, 0.05) is 5.56 Å². The van der Waals surface area contributed by atoms with Gasteiger partial charge in [-0.05, 0) is 34.5 Å². The average Bonchev–Trinajstić information content (AvgIpc) is 2.77. The molecule has 0 fully saturated rings. The lowest BCUT2D eigenvalue weighted by Gasteiger charge is -2.12. The highest BCUT2D eigenvalue weighted by molar-refractivity contribution is 6.32. The van der Waals surface area contributed by atoms with Crippen molar-refractivity contribution in [3.63, 3.8) is 0 Å². The van der Waals surface area contributed by atoms with Gasteiger partial charge in [-0.3, -0.25) is 4.79 Å². The summed E-state index contributed by atoms with van der Waals surface area (Å²) in [5.41, 5.74) is 3.60. The van der Waals surface area contributed by atoms with Crippen LogP contribution < -0.4 is 14.9 Å². The first-order valence-electron chi connectivity index (χ1n) is 8.91. The van der Waals surface area contributed by atoms with E-state index >= 15 is 0 Å². The molecule has 3 rings (SSSR count). The number of rotatable bonds is 7. The fraction of sp³-hybridized carbons (Fsp3) is 0.136. The lowest BCUT2D eigenvalue weighted by atomic mass is 10.0. The molecule has 7 nitrogen and oxygen atoms in total. The van der Waals surface area contributed by atoms with Crippen LogP contribution in [0.3, 0.4) is 0 Å². The third-order valence-electron chi connectivity index (χ3n) is 4.23. The summed E-state index contributed by atoms with van der Waals surface area (Å²) < 4.78 is 15.2. The van der Waals surface area contributed by atoms with E-state index in [2.05, 4.69) is 15.3 Å². The topological polar surface area (TPSA) is 86.2 Å². The lowest BCUT2D eigenvalue weighted by molar-refractivity contribution is -0.142. The summed E-state index contributed by atoms with van der Waals surface area (Å²) in [7, 11) is 2.70. The molecule has 1 N–H and O–H groups in total. The predicted octanol–water partition coefficient (Wildman–Crippen LogP) is 3.82. The zero-order valence-electron chi connectivity index (χ0n) is 16.3. The van der Waals surface area contributed by atoms with E-state index in [0.29, 0.717) is 16.9 Å². The quantitative estimate of drug-likeness (QED) is 0.352. The third-order valence-corrected chi connectivity index (χ3v) is 4.51. The van der Waals surface area contributed by atoms with E-state index < -0.39 is 5.97 Å². The van der Waals surface area contributed by atoms with Gasteiger partial charge in [0.25, 0.3) is 5.91 Å². The Balaban J connectivity index is 1.75. The number of fused-ring (bicyclic) bond motifs is 1. The predicted molar refractivity (Wildman–Crippen MR) is 115 cm³/mol. The number of carbonyl (C=O) groups is 2. The number of ether oxygens (including phenoxy) is 3. The van der Waals surface area contributed by atoms with Crippen molar-refractivity contribution in [3.8, 4) is 11.5 Å². The van der Waals surface area contributed by atoms with E-state index in [9.17, 15) is 9.59 Å². The number of hydrogen-bond acceptors (Lipinski definition) is 6. The molecule has 3 aromatic rings. The summed E-state index contributed by atoms with van der Waals surface area (Å²) >= 11 is 6.24. The number of hydrazone groups is 1. The smallest absolute Gasteiger partial charge is 0.343 e. The highest BCUT2D eigenvalue weighted by atomic mass is 35.5. The molecule has 0 aliphatic carbocycles. The maximum Gasteiger partial charge on any atom is 0.343 e. The second-order valence-electron chi connectivity index (χ2n) is 6.12. The van der Waals surface area contributed by atoms with Crippen molar-refractivity contribution in [1.82, 2.24) is 5.43 Å². The Morgan fingerprint density at radius 1 is 1.10 bits per heavy atom. The Kier molecular flexibility index (Phi) is 6.87. The van der Waals surface area contributed by atoms with Crippen molar-refractivity contribution in [2.75, 3.05) is 20.8 Å². The molecule has 0 radical (unpaired) electrons. The summed E-state index contributed by atoms with van der Waals surface area (Å²) in [6.45, 7) is -0.304. The van der Waals surface area contributed by atoms with Crippen LogP contribution in [-0.4, -0.2) is 38.9 Å². The number of halogens is 1. The van der Waals surface area contributed by atoms with Crippen LogP contribution >= 0.6 is 11.6 Å². The van der Waals surface area contributed by atoms with Gasteiger partial charge in [-0.15, -0.1) is 0 Å². The van der Waals surface area contributed by atoms with Crippen LogP contribution in [0.2, 0.25) is 5.02 Å². The lowest BCUT2D eigenvalue weighted by Crippen LogP contribution is -2.18. The largest absolute Gasteiger partial charge is 0.493 e. The fourth-order valence-electron chi connectivity index (χ4n) is 2.79. The minimum atomic E-state index is -0.546. The number of esters is 1. The van der Waals surface area contributed by atoms with Gasteiger partial charge in [0.15, 0.2) is 18.1 Å². The van der Waals surface area contributed by atoms with Crippen LogP contribution in [0.5, 0.6) is 11.5 Å². The van der Waals surface area contributed by atoms with Crippen LogP contribution in [-0.2, 0) is 9.53 Å². The normalized spacial score (nSPS) is 10.8. The Labute approximate surface area is 178 Å². The number of nitrogens with zero attached hydrogens (tertiary/aromatic N) is 1. The summed E-state index contributed by atoms with van der Waals surface area (Å²) in [5.74, 6) is -0.358. The Morgan fingerprint density at radius 2 is 1.87 bits per heavy atom. The molecule has 154 valence electrons. The molecule has 0 bridgehead atoms. The maximum absolute atomic E-state index is 12.5. The van der Waals surface area contributed by atoms with Crippen molar-refractivity contribution in [2.45, 2.75) is 0 Å². The van der Waals surface area contributed by atoms with Crippen molar-refractivity contribution in [1.29, 1.82) is 0 Å². The number of hydrogen-bond donors (Lipinski definition) is 1. The molecule has 0 aliphatic rings. The van der Waals surface area contributed by atoms with Crippen LogP contribution in [0.25, 0.3) is 10.8 Å². The Morgan fingerprint density at radius 3 is 2.63 bits per heavy atom. The number of carbonyl (C=O) groups excluding carboxylic acids is 2. The van der Waals surface area contributed by atoms with Crippen LogP contribution in [0.1, 0.15) is 15.9 Å². The van der Waals surface area contributed by atoms with E-state index in [1.807, 2.05) is 36.4 Å². The van der Waals surface area contributed by atoms with Crippen molar-refractivity contribution in [3.05, 3.63) is 70.7 Å². The molecule has 30 heavy (non-hydrogen) atoms. The monoisotopic (exact) mass is 426 g/mol. The standard InChI is InChI=1S/C22H19ClN2O5/c1-28-19-11-14(10-18(23)21(19)30-13-20(26)29-2)12-24-25-22(27)17-9-5-7-15-6-3-4-8-16(15)17/h3-12H,13H2,1-2H3,(H,25,27)/b24-12+. The summed E-state index contributed by atoms with van der Waals surface area (Å²) in [4.78, 5) is 23.8. The third kappa shape index (κ3) is 4.87. The molecule has 0 unspecified atom stereocenters. The van der Waals surface area contributed by atoms with Gasteiger partial charge in [-0.1, -0.05) is 48.0 Å². The van der Waals surface area contributed by atoms with E-state index in [-0.39, 0.29) is 23.3 Å². The summed E-state index contributed by atoms with van der Waals surface area (Å²) in [6, 6.07) is 16.3. The van der Waals surface area contributed by atoms with Gasteiger partial charge < -0.3 is 14.2 Å². The molecule has 0 saturated carbocycles. The van der Waals surface area contributed by atoms with Gasteiger partial charge in [0.2, 0.25) is 0 Å². The first-order valence-corrected chi connectivity index (χ1v) is 9.29. The summed E-state index contributed by atoms with van der Waals surface area (Å²) in [6.07, 6.45) is 1.43. The molecular weight excluding hydrogens is 408 g/mol. The SMILES string of the molecule is COC(=O)COc1c(Cl)cc(/C=N/NC(=O)c2cccc3ccccc23)cc1OC. The van der Waals surface area contributed by atoms with Gasteiger partial charge in [-0.25, -0.2) is 10.2 Å². The second kappa shape index (κ2) is 9.76. The molecule has 3 aromatic carbocycles. The number of amides is 1. The van der Waals surface area contributed by atoms with E-state index in [1.165, 1.54) is 20.4 Å². The van der Waals surface area contributed by atoms with Crippen LogP contribution in [0, 0.1) is 0 Å². The minimum absolute atomic E-state index is 0.210. The molecule has 0 atom stereocenters. The van der Waals surface area contributed by atoms with Gasteiger partial charge >= 0.3 is 5.97 Å². The first-order chi connectivity index (χ1) is 14.5. The second-order valence-corrected chi connectivity index (χ2v) is 6.53. The van der Waals surface area contributed by atoms with Crippen LogP contribution in [0.15, 0.2) is 59.7 Å². The van der Waals surface area contributed by atoms with E-state index in [4.69, 9.17) is 21.1 Å². The number of benzene rings is 3. The van der Waals surface area contributed by atoms with Crippen molar-refractivity contribution < 1.29 is 23.8 Å². The minimum Gasteiger partial charge on any atom is -0.493 e. The molecule has 1 amide bonds. The Hall–Kier alpha value is -3.58. The highest BCUT2D eigenvalue weighted by Gasteiger charge is 2.14. The van der Waals surface area contributed by atoms with Crippen molar-refractivity contribution in [2.24, 2.45) is 5.10 Å². The summed E-state index contributed by atoms with van der Waals surface area (Å²) in [5, 5.41) is 6.03. The van der Waals surface area contributed by atoms with Crippen molar-refractivity contribution >= 4 is 40.5 Å². The highest BCUT2D eigenvalue weighted by Crippen LogP contribution is 2.36. The number of nitrogens with one attached hydrogen (secondary N) is 1. The fourth-order valence-corrected chi connectivity index (χ4v) is 3.07. The van der Waals surface area contributed by atoms with Crippen LogP contribution in [0.4, 0.5) is 0 Å². The van der Waals surface area contributed by atoms with Gasteiger partial charge in [0.05, 0.1) is 25.5 Å². The Bertz CT molecular complexity index is 1110. The van der Waals surface area contributed by atoms with Gasteiger partial charge in [-0.2, -0.15) is 5.10 Å². The molecular formula is C22H19ClN2O5. The maximum atomic E-state index is 12.5. The first kappa shape index (κ1) is 21.1. The van der Waals surface area contributed by atoms with Gasteiger partial charge in [0.1, 0.15) is 0 Å². The van der Waals surface area contributed by atoms with E-state index in [0.717, 1.165) is 10.8 Å². The molecule has 0 aromatic heterocycles. The van der Waals surface area contributed by atoms with E-state index in [1.54, 1.807) is 18.2 Å². The average molecular weight is 427 g/mol. The molecule has 0 saturated heterocycles.